The molecular formula is C58H52Cl2O8. The molecule has 0 radical (unpaired) electrons. The summed E-state index contributed by atoms with van der Waals surface area (Å²) in [6.45, 7) is 4.42. The van der Waals surface area contributed by atoms with E-state index >= 15 is 0 Å². The maximum absolute atomic E-state index is 13.1. The van der Waals surface area contributed by atoms with Crippen LogP contribution in [0.1, 0.15) is 118 Å². The Hall–Kier alpha value is -7.00. The van der Waals surface area contributed by atoms with Gasteiger partial charge >= 0.3 is 23.9 Å². The van der Waals surface area contributed by atoms with Crippen molar-refractivity contribution in [2.24, 2.45) is 0 Å². The highest BCUT2D eigenvalue weighted by atomic mass is 35.5. The van der Waals surface area contributed by atoms with E-state index in [1.165, 1.54) is 117 Å². The van der Waals surface area contributed by atoms with Crippen molar-refractivity contribution in [3.8, 4) is 45.3 Å². The fraction of sp³-hybridized carbons (Fsp3) is 0.207. The van der Waals surface area contributed by atoms with Gasteiger partial charge in [0, 0.05) is 6.07 Å². The Bertz CT molecular complexity index is 2640. The lowest BCUT2D eigenvalue weighted by molar-refractivity contribution is 0.0723. The number of hydrogen-bond donors (Lipinski definition) is 0. The molecule has 0 bridgehead atoms. The van der Waals surface area contributed by atoms with Gasteiger partial charge in [0.05, 0.1) is 32.3 Å². The van der Waals surface area contributed by atoms with Crippen LogP contribution in [0.5, 0.6) is 23.0 Å². The highest BCUT2D eigenvalue weighted by Crippen LogP contribution is 2.31. The van der Waals surface area contributed by atoms with Crippen LogP contribution in [0.25, 0.3) is 22.3 Å². The molecule has 0 fully saturated rings. The first kappa shape index (κ1) is 48.9. The number of esters is 4. The molecule has 7 rings (SSSR count). The van der Waals surface area contributed by atoms with E-state index in [1.54, 1.807) is 30.3 Å². The molecule has 0 aliphatic carbocycles. The van der Waals surface area contributed by atoms with Gasteiger partial charge in [-0.25, -0.2) is 19.2 Å². The summed E-state index contributed by atoms with van der Waals surface area (Å²) in [7, 11) is 0. The number of carbonyl (C=O) groups excluding carboxylic acids is 4. The molecule has 10 heteroatoms. The minimum absolute atomic E-state index is 0.0280. The molecule has 0 heterocycles. The molecule has 0 saturated carbocycles. The lowest BCUT2D eigenvalue weighted by Gasteiger charge is -2.11. The van der Waals surface area contributed by atoms with Crippen molar-refractivity contribution in [3.05, 3.63) is 201 Å². The first-order valence-electron chi connectivity index (χ1n) is 23.0. The standard InChI is InChI=1S/C58H52Cl2O8/c1-3-5-7-9-12-39-16-20-41(21-17-39)43-24-28-45(29-25-43)55(61)67-53-34-32-47(36-51(53)59)57(63)65-49-14-11-15-50(38-49)66-58(64)48-33-35-54(52(60)37-48)68-56(62)46-30-26-44(27-31-46)42-22-18-40(19-23-42)13-10-8-6-4-2/h11,14-38H,3-10,12-13H2,1-2H3. The third-order valence-corrected chi connectivity index (χ3v) is 12.0. The van der Waals surface area contributed by atoms with E-state index in [0.29, 0.717) is 11.1 Å². The summed E-state index contributed by atoms with van der Waals surface area (Å²) in [5.41, 5.74) is 7.54. The number of unbranched alkanes of at least 4 members (excludes halogenated alkanes) is 6. The zero-order chi connectivity index (χ0) is 47.8. The molecule has 7 aromatic carbocycles. The summed E-state index contributed by atoms with van der Waals surface area (Å²) in [6.07, 6.45) is 11.9. The monoisotopic (exact) mass is 946 g/mol. The summed E-state index contributed by atoms with van der Waals surface area (Å²) in [5, 5.41) is 0.0561. The normalized spacial score (nSPS) is 10.9. The van der Waals surface area contributed by atoms with Gasteiger partial charge in [0.15, 0.2) is 0 Å². The van der Waals surface area contributed by atoms with Crippen LogP contribution in [0.3, 0.4) is 0 Å². The molecular weight excluding hydrogens is 896 g/mol. The SMILES string of the molecule is CCCCCCc1ccc(-c2ccc(C(=O)Oc3ccc(C(=O)Oc4cccc(OC(=O)c5ccc(OC(=O)c6ccc(-c7ccc(CCCCCC)cc7)cc6)c(Cl)c5)c4)cc3Cl)cc2)cc1. The third-order valence-electron chi connectivity index (χ3n) is 11.4. The van der Waals surface area contributed by atoms with Crippen LogP contribution in [0.2, 0.25) is 10.0 Å². The first-order chi connectivity index (χ1) is 33.1. The van der Waals surface area contributed by atoms with Crippen molar-refractivity contribution in [1.82, 2.24) is 0 Å². The Kier molecular flexibility index (Phi) is 17.4. The molecule has 0 aliphatic heterocycles. The second-order valence-corrected chi connectivity index (χ2v) is 17.3. The zero-order valence-electron chi connectivity index (χ0n) is 38.1. The highest BCUT2D eigenvalue weighted by Gasteiger charge is 2.19. The number of halogens is 2. The van der Waals surface area contributed by atoms with Crippen molar-refractivity contribution < 1.29 is 38.1 Å². The number of rotatable bonds is 20. The van der Waals surface area contributed by atoms with Gasteiger partial charge in [0.25, 0.3) is 0 Å². The molecule has 0 atom stereocenters. The smallest absolute Gasteiger partial charge is 0.343 e. The quantitative estimate of drug-likeness (QED) is 0.0423. The summed E-state index contributed by atoms with van der Waals surface area (Å²) in [4.78, 5) is 52.3. The van der Waals surface area contributed by atoms with E-state index in [1.807, 2.05) is 24.3 Å². The van der Waals surface area contributed by atoms with Gasteiger partial charge < -0.3 is 18.9 Å². The van der Waals surface area contributed by atoms with Gasteiger partial charge in [-0.05, 0) is 132 Å². The highest BCUT2D eigenvalue weighted by molar-refractivity contribution is 6.33. The van der Waals surface area contributed by atoms with E-state index in [-0.39, 0.29) is 44.2 Å². The van der Waals surface area contributed by atoms with Gasteiger partial charge in [-0.3, -0.25) is 0 Å². The number of ether oxygens (including phenoxy) is 4. The number of hydrogen-bond acceptors (Lipinski definition) is 8. The Morgan fingerprint density at radius 1 is 0.368 bits per heavy atom. The van der Waals surface area contributed by atoms with E-state index < -0.39 is 23.9 Å². The number of carbonyl (C=O) groups is 4. The van der Waals surface area contributed by atoms with Crippen LogP contribution < -0.4 is 18.9 Å². The number of benzene rings is 7. The molecule has 68 heavy (non-hydrogen) atoms. The molecule has 0 aliphatic rings. The second-order valence-electron chi connectivity index (χ2n) is 16.5. The van der Waals surface area contributed by atoms with Crippen LogP contribution in [-0.2, 0) is 12.8 Å². The van der Waals surface area contributed by atoms with Crippen molar-refractivity contribution in [2.75, 3.05) is 0 Å². The maximum Gasteiger partial charge on any atom is 0.343 e. The lowest BCUT2D eigenvalue weighted by atomic mass is 10.0. The minimum Gasteiger partial charge on any atom is -0.423 e. The molecule has 0 spiro atoms. The van der Waals surface area contributed by atoms with E-state index in [2.05, 4.69) is 62.4 Å². The van der Waals surface area contributed by atoms with E-state index in [9.17, 15) is 19.2 Å². The summed E-state index contributed by atoms with van der Waals surface area (Å²) in [6, 6.07) is 45.6. The molecule has 0 N–H and O–H groups in total. The third kappa shape index (κ3) is 13.6. The predicted octanol–water partition coefficient (Wildman–Crippen LogP) is 15.4. The molecule has 346 valence electrons. The van der Waals surface area contributed by atoms with Gasteiger partial charge in [0.2, 0.25) is 0 Å². The Labute approximate surface area is 407 Å². The Morgan fingerprint density at radius 3 is 1.06 bits per heavy atom. The van der Waals surface area contributed by atoms with Crippen LogP contribution in [0, 0.1) is 0 Å². The lowest BCUT2D eigenvalue weighted by Crippen LogP contribution is -2.12. The maximum atomic E-state index is 13.1. The van der Waals surface area contributed by atoms with Crippen molar-refractivity contribution in [2.45, 2.75) is 78.1 Å². The summed E-state index contributed by atoms with van der Waals surface area (Å²) in [5.74, 6) is -2.39. The fourth-order valence-electron chi connectivity index (χ4n) is 7.51. The minimum atomic E-state index is -0.751. The van der Waals surface area contributed by atoms with Crippen molar-refractivity contribution >= 4 is 47.1 Å². The van der Waals surface area contributed by atoms with Crippen molar-refractivity contribution in [1.29, 1.82) is 0 Å². The van der Waals surface area contributed by atoms with Crippen LogP contribution in [0.15, 0.2) is 158 Å². The predicted molar refractivity (Wildman–Crippen MR) is 269 cm³/mol. The van der Waals surface area contributed by atoms with Crippen LogP contribution >= 0.6 is 23.2 Å². The molecule has 0 saturated heterocycles. The van der Waals surface area contributed by atoms with Crippen molar-refractivity contribution in [3.63, 3.8) is 0 Å². The topological polar surface area (TPSA) is 105 Å². The van der Waals surface area contributed by atoms with Crippen LogP contribution in [-0.4, -0.2) is 23.9 Å². The Morgan fingerprint density at radius 2 is 0.706 bits per heavy atom. The van der Waals surface area contributed by atoms with Gasteiger partial charge in [0.1, 0.15) is 23.0 Å². The van der Waals surface area contributed by atoms with Gasteiger partial charge in [-0.15, -0.1) is 0 Å². The van der Waals surface area contributed by atoms with Gasteiger partial charge in [-0.2, -0.15) is 0 Å². The average Bonchev–Trinajstić information content (AvgIpc) is 3.36. The summed E-state index contributed by atoms with van der Waals surface area (Å²) >= 11 is 12.9. The van der Waals surface area contributed by atoms with Crippen LogP contribution in [0.4, 0.5) is 0 Å². The second kappa shape index (κ2) is 24.1. The number of aryl methyl sites for hydroxylation is 2. The molecule has 8 nitrogen and oxygen atoms in total. The molecule has 0 unspecified atom stereocenters. The Balaban J connectivity index is 0.885. The summed E-state index contributed by atoms with van der Waals surface area (Å²) < 4.78 is 22.2. The fourth-order valence-corrected chi connectivity index (χ4v) is 7.95. The molecule has 7 aromatic rings. The van der Waals surface area contributed by atoms with E-state index in [0.717, 1.165) is 35.1 Å². The average molecular weight is 948 g/mol. The zero-order valence-corrected chi connectivity index (χ0v) is 39.6. The van der Waals surface area contributed by atoms with Gasteiger partial charge in [-0.1, -0.05) is 154 Å². The molecule has 0 aromatic heterocycles. The van der Waals surface area contributed by atoms with E-state index in [4.69, 9.17) is 42.1 Å². The largest absolute Gasteiger partial charge is 0.423 e. The molecule has 0 amide bonds. The first-order valence-corrected chi connectivity index (χ1v) is 23.8.